The third-order valence-electron chi connectivity index (χ3n) is 3.30. The Hall–Kier alpha value is -2.63. The van der Waals surface area contributed by atoms with E-state index in [1.807, 2.05) is 30.3 Å². The Morgan fingerprint density at radius 2 is 2.08 bits per heavy atom. The third kappa shape index (κ3) is 3.32. The Morgan fingerprint density at radius 1 is 1.33 bits per heavy atom. The molecule has 0 spiro atoms. The summed E-state index contributed by atoms with van der Waals surface area (Å²) < 4.78 is 0. The van der Waals surface area contributed by atoms with Crippen molar-refractivity contribution in [3.63, 3.8) is 0 Å². The van der Waals surface area contributed by atoms with Crippen LogP contribution in [-0.4, -0.2) is 27.2 Å². The number of carboxylic acid groups (broad SMARTS) is 1. The third-order valence-corrected chi connectivity index (χ3v) is 5.46. The van der Waals surface area contributed by atoms with Gasteiger partial charge in [0.05, 0.1) is 10.2 Å². The average Bonchev–Trinajstić information content (AvgIpc) is 3.22. The van der Waals surface area contributed by atoms with Crippen LogP contribution < -0.4 is 5.32 Å². The highest BCUT2D eigenvalue weighted by atomic mass is 32.2. The van der Waals surface area contributed by atoms with Crippen molar-refractivity contribution in [3.8, 4) is 17.3 Å². The minimum atomic E-state index is -1.03. The monoisotopic (exact) mass is 357 g/mol. The van der Waals surface area contributed by atoms with Gasteiger partial charge in [-0.3, -0.25) is 4.79 Å². The molecule has 1 aliphatic heterocycles. The Morgan fingerprint density at radius 3 is 2.71 bits per heavy atom. The SMILES string of the molecule is N#Cc1sc(NC(=O)C2CC=C(C(=O)O)S2)nc1-c1ccccc1. The van der Waals surface area contributed by atoms with E-state index in [4.69, 9.17) is 5.11 Å². The molecule has 1 amide bonds. The molecule has 2 N–H and O–H groups in total. The number of anilines is 1. The average molecular weight is 357 g/mol. The summed E-state index contributed by atoms with van der Waals surface area (Å²) in [5.41, 5.74) is 1.33. The van der Waals surface area contributed by atoms with Gasteiger partial charge >= 0.3 is 5.97 Å². The van der Waals surface area contributed by atoms with E-state index in [1.165, 1.54) is 6.08 Å². The van der Waals surface area contributed by atoms with Crippen molar-refractivity contribution < 1.29 is 14.7 Å². The number of nitriles is 1. The number of carboxylic acids is 1. The van der Waals surface area contributed by atoms with E-state index in [9.17, 15) is 14.9 Å². The Kier molecular flexibility index (Phi) is 4.64. The molecule has 2 heterocycles. The molecule has 0 radical (unpaired) electrons. The molecule has 1 aromatic heterocycles. The van der Waals surface area contributed by atoms with Gasteiger partial charge in [0.2, 0.25) is 5.91 Å². The van der Waals surface area contributed by atoms with Crippen molar-refractivity contribution in [2.45, 2.75) is 11.7 Å². The van der Waals surface area contributed by atoms with Gasteiger partial charge in [-0.15, -0.1) is 11.8 Å². The number of hydrogen-bond donors (Lipinski definition) is 2. The lowest BCUT2D eigenvalue weighted by atomic mass is 10.1. The first-order valence-electron chi connectivity index (χ1n) is 6.96. The van der Waals surface area contributed by atoms with Gasteiger partial charge in [0, 0.05) is 5.56 Å². The maximum Gasteiger partial charge on any atom is 0.341 e. The highest BCUT2D eigenvalue weighted by Gasteiger charge is 2.29. The van der Waals surface area contributed by atoms with Crippen molar-refractivity contribution in [1.82, 2.24) is 4.98 Å². The molecule has 0 bridgehead atoms. The summed E-state index contributed by atoms with van der Waals surface area (Å²) in [7, 11) is 0. The van der Waals surface area contributed by atoms with Crippen LogP contribution in [0.4, 0.5) is 5.13 Å². The molecule has 0 aliphatic carbocycles. The lowest BCUT2D eigenvalue weighted by molar-refractivity contribution is -0.131. The van der Waals surface area contributed by atoms with Crippen LogP contribution in [0.3, 0.4) is 0 Å². The fourth-order valence-corrected chi connectivity index (χ4v) is 3.93. The van der Waals surface area contributed by atoms with E-state index in [-0.39, 0.29) is 10.8 Å². The summed E-state index contributed by atoms with van der Waals surface area (Å²) in [6, 6.07) is 11.3. The minimum absolute atomic E-state index is 0.178. The summed E-state index contributed by atoms with van der Waals surface area (Å²) in [5, 5.41) is 20.7. The van der Waals surface area contributed by atoms with E-state index in [1.54, 1.807) is 0 Å². The number of rotatable bonds is 4. The van der Waals surface area contributed by atoms with E-state index in [0.717, 1.165) is 28.7 Å². The van der Waals surface area contributed by atoms with Crippen LogP contribution in [0.1, 0.15) is 11.3 Å². The smallest absolute Gasteiger partial charge is 0.341 e. The van der Waals surface area contributed by atoms with Crippen molar-refractivity contribution in [2.24, 2.45) is 0 Å². The summed E-state index contributed by atoms with van der Waals surface area (Å²) in [5.74, 6) is -1.34. The Labute approximate surface area is 145 Å². The standard InChI is InChI=1S/C16H11N3O3S2/c17-8-12-13(9-4-2-1-3-5-9)18-16(24-12)19-14(20)10-6-7-11(23-10)15(21)22/h1-5,7,10H,6H2,(H,21,22)(H,18,19,20). The lowest BCUT2D eigenvalue weighted by Crippen LogP contribution is -2.23. The van der Waals surface area contributed by atoms with Gasteiger partial charge in [0.25, 0.3) is 0 Å². The number of benzene rings is 1. The highest BCUT2D eigenvalue weighted by molar-refractivity contribution is 8.05. The molecule has 120 valence electrons. The second-order valence-electron chi connectivity index (χ2n) is 4.88. The van der Waals surface area contributed by atoms with Gasteiger partial charge in [-0.05, 0) is 6.42 Å². The number of allylic oxidation sites excluding steroid dienone is 1. The maximum atomic E-state index is 12.3. The first kappa shape index (κ1) is 16.2. The number of nitrogens with zero attached hydrogens (tertiary/aromatic N) is 2. The molecule has 1 unspecified atom stereocenters. The Balaban J connectivity index is 1.75. The van der Waals surface area contributed by atoms with Gasteiger partial charge in [-0.25, -0.2) is 9.78 Å². The van der Waals surface area contributed by atoms with Crippen molar-refractivity contribution in [3.05, 3.63) is 46.2 Å². The minimum Gasteiger partial charge on any atom is -0.477 e. The molecule has 2 aromatic rings. The number of nitrogens with one attached hydrogen (secondary N) is 1. The van der Waals surface area contributed by atoms with Crippen LogP contribution in [0.25, 0.3) is 11.3 Å². The number of aromatic nitrogens is 1. The van der Waals surface area contributed by atoms with E-state index in [2.05, 4.69) is 16.4 Å². The number of carbonyl (C=O) groups is 2. The first-order valence-corrected chi connectivity index (χ1v) is 8.65. The predicted molar refractivity (Wildman–Crippen MR) is 92.6 cm³/mol. The molecule has 0 saturated heterocycles. The summed E-state index contributed by atoms with van der Waals surface area (Å²) >= 11 is 2.12. The van der Waals surface area contributed by atoms with E-state index in [0.29, 0.717) is 22.1 Å². The Bertz CT molecular complexity index is 868. The molecular weight excluding hydrogens is 346 g/mol. The van der Waals surface area contributed by atoms with E-state index < -0.39 is 11.2 Å². The van der Waals surface area contributed by atoms with Crippen LogP contribution >= 0.6 is 23.1 Å². The second kappa shape index (κ2) is 6.86. The van der Waals surface area contributed by atoms with Crippen LogP contribution in [0.15, 0.2) is 41.3 Å². The molecule has 8 heteroatoms. The number of aliphatic carboxylic acids is 1. The van der Waals surface area contributed by atoms with Gasteiger partial charge in [0.1, 0.15) is 16.6 Å². The van der Waals surface area contributed by atoms with Gasteiger partial charge in [0.15, 0.2) is 5.13 Å². The summed E-state index contributed by atoms with van der Waals surface area (Å²) in [6.07, 6.45) is 1.90. The first-order chi connectivity index (χ1) is 11.6. The van der Waals surface area contributed by atoms with Crippen LogP contribution in [-0.2, 0) is 9.59 Å². The summed E-state index contributed by atoms with van der Waals surface area (Å²) in [6.45, 7) is 0. The number of thioether (sulfide) groups is 1. The zero-order chi connectivity index (χ0) is 17.1. The molecule has 1 atom stereocenters. The summed E-state index contributed by atoms with van der Waals surface area (Å²) in [4.78, 5) is 28.1. The highest BCUT2D eigenvalue weighted by Crippen LogP contribution is 2.34. The largest absolute Gasteiger partial charge is 0.477 e. The van der Waals surface area contributed by atoms with Crippen LogP contribution in [0, 0.1) is 11.3 Å². The van der Waals surface area contributed by atoms with Crippen LogP contribution in [0.5, 0.6) is 0 Å². The van der Waals surface area contributed by atoms with Crippen molar-refractivity contribution in [1.29, 1.82) is 5.26 Å². The van der Waals surface area contributed by atoms with Gasteiger partial charge in [-0.2, -0.15) is 5.26 Å². The van der Waals surface area contributed by atoms with Crippen LogP contribution in [0.2, 0.25) is 0 Å². The van der Waals surface area contributed by atoms with E-state index >= 15 is 0 Å². The normalized spacial score (nSPS) is 16.3. The zero-order valence-electron chi connectivity index (χ0n) is 12.2. The fraction of sp³-hybridized carbons (Fsp3) is 0.125. The molecule has 0 fully saturated rings. The molecule has 1 aliphatic rings. The zero-order valence-corrected chi connectivity index (χ0v) is 13.9. The maximum absolute atomic E-state index is 12.3. The topological polar surface area (TPSA) is 103 Å². The predicted octanol–water partition coefficient (Wildman–Crippen LogP) is 3.09. The number of carbonyl (C=O) groups excluding carboxylic acids is 1. The molecule has 0 saturated carbocycles. The number of thiazole rings is 1. The van der Waals surface area contributed by atoms with Crippen molar-refractivity contribution in [2.75, 3.05) is 5.32 Å². The molecular formula is C16H11N3O3S2. The molecule has 3 rings (SSSR count). The number of hydrogen-bond acceptors (Lipinski definition) is 6. The van der Waals surface area contributed by atoms with Gasteiger partial charge in [-0.1, -0.05) is 47.7 Å². The molecule has 6 nitrogen and oxygen atoms in total. The molecule has 24 heavy (non-hydrogen) atoms. The van der Waals surface area contributed by atoms with Crippen molar-refractivity contribution >= 4 is 40.1 Å². The quantitative estimate of drug-likeness (QED) is 0.871. The van der Waals surface area contributed by atoms with Gasteiger partial charge < -0.3 is 10.4 Å². The molecule has 1 aromatic carbocycles. The second-order valence-corrected chi connectivity index (χ2v) is 7.12. The fourth-order valence-electron chi connectivity index (χ4n) is 2.19. The number of amides is 1. The lowest BCUT2D eigenvalue weighted by Gasteiger charge is -2.07.